The number of imidazole rings is 1. The van der Waals surface area contributed by atoms with Gasteiger partial charge in [0.1, 0.15) is 18.8 Å². The number of nitrogens with one attached hydrogen (secondary N) is 2. The number of ether oxygens (including phenoxy) is 1. The van der Waals surface area contributed by atoms with Crippen molar-refractivity contribution >= 4 is 34.5 Å². The number of halogens is 4. The van der Waals surface area contributed by atoms with Gasteiger partial charge in [0.2, 0.25) is 5.91 Å². The fourth-order valence-electron chi connectivity index (χ4n) is 4.04. The highest BCUT2D eigenvalue weighted by Gasteiger charge is 2.41. The molecular weight excluding hydrogens is 527 g/mol. The second kappa shape index (κ2) is 10.5. The summed E-state index contributed by atoms with van der Waals surface area (Å²) in [6, 6.07) is 11.2. The largest absolute Gasteiger partial charge is 0.405 e. The smallest absolute Gasteiger partial charge is 0.388 e. The first-order valence-electron chi connectivity index (χ1n) is 11.5. The molecule has 10 nitrogen and oxygen atoms in total. The molecule has 0 saturated carbocycles. The number of carbonyl (C=O) groups excluding carboxylic acids is 1. The molecule has 4 aromatic rings. The van der Waals surface area contributed by atoms with Crippen molar-refractivity contribution in [2.45, 2.75) is 37.6 Å². The fourth-order valence-corrected chi connectivity index (χ4v) is 4.22. The van der Waals surface area contributed by atoms with E-state index in [9.17, 15) is 23.1 Å². The van der Waals surface area contributed by atoms with Crippen molar-refractivity contribution in [3.05, 3.63) is 65.7 Å². The van der Waals surface area contributed by atoms with Gasteiger partial charge in [-0.2, -0.15) is 13.2 Å². The molecule has 3 aromatic heterocycles. The number of carbonyl (C=O) groups is 1. The summed E-state index contributed by atoms with van der Waals surface area (Å²) in [5.41, 5.74) is 2.14. The standard InChI is InChI=1S/C24H21ClF3N7O3/c25-15-6-14(9-29-10-15)19-33-20(30-8-13-4-2-1-3-5-13)18-21(34-19)35(12-32-18)23-16(36)7-17(38-23)22(37)31-11-24(26,27)28/h1-6,9-10,12,16-17,23,36H,7-8,11H2,(H,31,37)(H,30,33,34)/t16-,17+,23-/m1/s1. The maximum Gasteiger partial charge on any atom is 0.405 e. The Labute approximate surface area is 218 Å². The molecule has 1 saturated heterocycles. The summed E-state index contributed by atoms with van der Waals surface area (Å²) in [5, 5.41) is 16.1. The number of alkyl halides is 3. The lowest BCUT2D eigenvalue weighted by Crippen LogP contribution is -2.40. The van der Waals surface area contributed by atoms with Crippen LogP contribution < -0.4 is 10.6 Å². The van der Waals surface area contributed by atoms with Gasteiger partial charge >= 0.3 is 6.18 Å². The number of hydrogen-bond acceptors (Lipinski definition) is 8. The number of benzene rings is 1. The Bertz CT molecular complexity index is 1450. The van der Waals surface area contributed by atoms with Crippen LogP contribution in [0.5, 0.6) is 0 Å². The van der Waals surface area contributed by atoms with Crippen molar-refractivity contribution in [3.63, 3.8) is 0 Å². The first-order valence-corrected chi connectivity index (χ1v) is 11.9. The summed E-state index contributed by atoms with van der Waals surface area (Å²) in [6.45, 7) is -1.07. The third-order valence-electron chi connectivity index (χ3n) is 5.81. The number of amides is 1. The van der Waals surface area contributed by atoms with Gasteiger partial charge in [-0.05, 0) is 11.6 Å². The molecule has 0 unspecified atom stereocenters. The molecule has 14 heteroatoms. The van der Waals surface area contributed by atoms with Crippen molar-refractivity contribution in [1.82, 2.24) is 29.8 Å². The van der Waals surface area contributed by atoms with Crippen LogP contribution in [0.4, 0.5) is 19.0 Å². The monoisotopic (exact) mass is 547 g/mol. The van der Waals surface area contributed by atoms with Gasteiger partial charge in [-0.1, -0.05) is 41.9 Å². The van der Waals surface area contributed by atoms with Crippen LogP contribution in [-0.2, 0) is 16.1 Å². The van der Waals surface area contributed by atoms with Crippen molar-refractivity contribution < 1.29 is 27.8 Å². The highest BCUT2D eigenvalue weighted by molar-refractivity contribution is 6.30. The second-order valence-corrected chi connectivity index (χ2v) is 9.04. The lowest BCUT2D eigenvalue weighted by molar-refractivity contribution is -0.146. The van der Waals surface area contributed by atoms with E-state index in [0.717, 1.165) is 5.56 Å². The number of pyridine rings is 1. The number of anilines is 1. The Kier molecular flexibility index (Phi) is 7.15. The zero-order valence-corrected chi connectivity index (χ0v) is 20.3. The SMILES string of the molecule is O=C(NCC(F)(F)F)[C@@H]1C[C@@H](O)[C@H](n2cnc3c(NCc4ccccc4)nc(-c4cncc(Cl)c4)nc32)O1. The average Bonchev–Trinajstić information content (AvgIpc) is 3.49. The van der Waals surface area contributed by atoms with Crippen molar-refractivity contribution in [2.24, 2.45) is 0 Å². The summed E-state index contributed by atoms with van der Waals surface area (Å²) < 4.78 is 44.6. The van der Waals surface area contributed by atoms with E-state index in [0.29, 0.717) is 28.5 Å². The number of hydrogen-bond donors (Lipinski definition) is 3. The molecule has 1 aliphatic rings. The maximum atomic E-state index is 12.5. The molecular formula is C24H21ClF3N7O3. The lowest BCUT2D eigenvalue weighted by atomic mass is 10.2. The molecule has 1 aromatic carbocycles. The van der Waals surface area contributed by atoms with Crippen LogP contribution in [0.15, 0.2) is 55.1 Å². The maximum absolute atomic E-state index is 12.5. The molecule has 3 atom stereocenters. The van der Waals surface area contributed by atoms with Gasteiger partial charge < -0.3 is 20.5 Å². The summed E-state index contributed by atoms with van der Waals surface area (Å²) in [7, 11) is 0. The van der Waals surface area contributed by atoms with Crippen molar-refractivity contribution in [1.29, 1.82) is 0 Å². The molecule has 4 heterocycles. The van der Waals surface area contributed by atoms with Crippen LogP contribution in [0.1, 0.15) is 18.2 Å². The minimum atomic E-state index is -4.57. The number of aliphatic hydroxyl groups is 1. The van der Waals surface area contributed by atoms with E-state index in [1.807, 2.05) is 30.3 Å². The summed E-state index contributed by atoms with van der Waals surface area (Å²) in [5.74, 6) is -0.324. The highest BCUT2D eigenvalue weighted by atomic mass is 35.5. The number of nitrogens with zero attached hydrogens (tertiary/aromatic N) is 5. The normalized spacial score (nSPS) is 19.6. The summed E-state index contributed by atoms with van der Waals surface area (Å²) in [6.07, 6.45) is -4.02. The molecule has 0 radical (unpaired) electrons. The highest BCUT2D eigenvalue weighted by Crippen LogP contribution is 2.33. The molecule has 1 amide bonds. The van der Waals surface area contributed by atoms with Crippen molar-refractivity contribution in [3.8, 4) is 11.4 Å². The quantitative estimate of drug-likeness (QED) is 0.321. The molecule has 198 valence electrons. The Hall–Kier alpha value is -3.81. The van der Waals surface area contributed by atoms with Gasteiger partial charge in [-0.15, -0.1) is 0 Å². The Balaban J connectivity index is 1.48. The van der Waals surface area contributed by atoms with E-state index in [1.54, 1.807) is 11.4 Å². The molecule has 0 bridgehead atoms. The Morgan fingerprint density at radius 1 is 1.21 bits per heavy atom. The minimum absolute atomic E-state index is 0.205. The molecule has 1 aliphatic heterocycles. The van der Waals surface area contributed by atoms with Crippen LogP contribution in [0, 0.1) is 0 Å². The molecule has 5 rings (SSSR count). The van der Waals surface area contributed by atoms with Crippen LogP contribution in [-0.4, -0.2) is 60.4 Å². The Morgan fingerprint density at radius 2 is 2.00 bits per heavy atom. The first-order chi connectivity index (χ1) is 18.2. The molecule has 0 spiro atoms. The predicted octanol–water partition coefficient (Wildman–Crippen LogP) is 3.48. The van der Waals surface area contributed by atoms with Gasteiger partial charge in [0.05, 0.1) is 11.3 Å². The van der Waals surface area contributed by atoms with Gasteiger partial charge in [0, 0.05) is 30.9 Å². The lowest BCUT2D eigenvalue weighted by Gasteiger charge is -2.17. The zero-order valence-electron chi connectivity index (χ0n) is 19.6. The summed E-state index contributed by atoms with van der Waals surface area (Å²) in [4.78, 5) is 29.9. The van der Waals surface area contributed by atoms with Crippen LogP contribution in [0.2, 0.25) is 5.02 Å². The van der Waals surface area contributed by atoms with Gasteiger partial charge in [-0.25, -0.2) is 15.0 Å². The molecule has 3 N–H and O–H groups in total. The number of aromatic nitrogens is 5. The Morgan fingerprint density at radius 3 is 2.74 bits per heavy atom. The van der Waals surface area contributed by atoms with Gasteiger partial charge in [0.15, 0.2) is 29.0 Å². The van der Waals surface area contributed by atoms with Crippen LogP contribution in [0.3, 0.4) is 0 Å². The molecule has 38 heavy (non-hydrogen) atoms. The topological polar surface area (TPSA) is 127 Å². The predicted molar refractivity (Wildman–Crippen MR) is 131 cm³/mol. The third kappa shape index (κ3) is 5.69. The minimum Gasteiger partial charge on any atom is -0.388 e. The van der Waals surface area contributed by atoms with Gasteiger partial charge in [-0.3, -0.25) is 14.3 Å². The van der Waals surface area contributed by atoms with E-state index in [-0.39, 0.29) is 17.9 Å². The van der Waals surface area contributed by atoms with Crippen LogP contribution >= 0.6 is 11.6 Å². The molecule has 0 aliphatic carbocycles. The van der Waals surface area contributed by atoms with Crippen molar-refractivity contribution in [2.75, 3.05) is 11.9 Å². The average molecular weight is 548 g/mol. The van der Waals surface area contributed by atoms with E-state index >= 15 is 0 Å². The van der Waals surface area contributed by atoms with Crippen LogP contribution in [0.25, 0.3) is 22.6 Å². The van der Waals surface area contributed by atoms with E-state index in [2.05, 4.69) is 25.3 Å². The summed E-state index contributed by atoms with van der Waals surface area (Å²) >= 11 is 6.11. The number of aliphatic hydroxyl groups excluding tert-OH is 1. The number of rotatable bonds is 7. The fraction of sp³-hybridized carbons (Fsp3) is 0.292. The van der Waals surface area contributed by atoms with E-state index in [4.69, 9.17) is 16.3 Å². The first kappa shape index (κ1) is 25.8. The van der Waals surface area contributed by atoms with E-state index in [1.165, 1.54) is 23.3 Å². The van der Waals surface area contributed by atoms with Gasteiger partial charge in [0.25, 0.3) is 0 Å². The van der Waals surface area contributed by atoms with E-state index < -0.39 is 37.1 Å². The molecule has 1 fully saturated rings. The second-order valence-electron chi connectivity index (χ2n) is 8.60. The zero-order chi connectivity index (χ0) is 26.9. The third-order valence-corrected chi connectivity index (χ3v) is 6.01. The number of fused-ring (bicyclic) bond motifs is 1.